The fraction of sp³-hybridized carbons (Fsp3) is 0.190. The third kappa shape index (κ3) is 3.61. The molecular weight excluding hydrogens is 374 g/mol. The van der Waals surface area contributed by atoms with Crippen LogP contribution in [0.2, 0.25) is 0 Å². The van der Waals surface area contributed by atoms with Crippen LogP contribution in [0.15, 0.2) is 60.0 Å². The van der Waals surface area contributed by atoms with Crippen molar-refractivity contribution in [1.82, 2.24) is 4.98 Å². The van der Waals surface area contributed by atoms with Crippen LogP contribution >= 0.6 is 11.3 Å². The van der Waals surface area contributed by atoms with Crippen LogP contribution in [0, 0.1) is 5.92 Å². The quantitative estimate of drug-likeness (QED) is 0.716. The molecule has 1 aliphatic heterocycles. The Labute approximate surface area is 166 Å². The van der Waals surface area contributed by atoms with Gasteiger partial charge in [0.15, 0.2) is 5.13 Å². The van der Waals surface area contributed by atoms with E-state index in [1.54, 1.807) is 12.0 Å². The van der Waals surface area contributed by atoms with Crippen LogP contribution in [0.3, 0.4) is 0 Å². The number of hydrogen-bond acceptors (Lipinski definition) is 5. The van der Waals surface area contributed by atoms with E-state index in [-0.39, 0.29) is 18.2 Å². The van der Waals surface area contributed by atoms with E-state index in [9.17, 15) is 9.59 Å². The normalized spacial score (nSPS) is 16.2. The number of carbonyl (C=O) groups excluding carboxylic acids is 2. The first-order valence-electron chi connectivity index (χ1n) is 8.91. The summed E-state index contributed by atoms with van der Waals surface area (Å²) in [7, 11) is 1.61. The van der Waals surface area contributed by atoms with Crippen LogP contribution < -0.4 is 15.0 Å². The molecule has 1 atom stereocenters. The van der Waals surface area contributed by atoms with Crippen LogP contribution in [0.25, 0.3) is 11.3 Å². The van der Waals surface area contributed by atoms with E-state index < -0.39 is 5.92 Å². The number of aromatic nitrogens is 1. The van der Waals surface area contributed by atoms with Crippen LogP contribution in [0.1, 0.15) is 6.42 Å². The van der Waals surface area contributed by atoms with Crippen molar-refractivity contribution >= 4 is 34.0 Å². The van der Waals surface area contributed by atoms with Gasteiger partial charge in [0.1, 0.15) is 5.75 Å². The molecular formula is C21H19N3O3S. The molecule has 1 fully saturated rings. The summed E-state index contributed by atoms with van der Waals surface area (Å²) >= 11 is 1.35. The van der Waals surface area contributed by atoms with Gasteiger partial charge in [0.05, 0.1) is 18.7 Å². The Morgan fingerprint density at radius 2 is 1.93 bits per heavy atom. The number of carbonyl (C=O) groups is 2. The number of hydrogen-bond donors (Lipinski definition) is 1. The zero-order valence-corrected chi connectivity index (χ0v) is 16.1. The minimum absolute atomic E-state index is 0.0415. The zero-order valence-electron chi connectivity index (χ0n) is 15.3. The lowest BCUT2D eigenvalue weighted by atomic mass is 10.1. The molecule has 0 spiro atoms. The second-order valence-corrected chi connectivity index (χ2v) is 7.33. The van der Waals surface area contributed by atoms with Crippen LogP contribution in [-0.4, -0.2) is 30.5 Å². The Bertz CT molecular complexity index is 1000. The summed E-state index contributed by atoms with van der Waals surface area (Å²) in [6.45, 7) is 0.374. The number of anilines is 2. The first-order valence-corrected chi connectivity index (χ1v) is 9.79. The fourth-order valence-corrected chi connectivity index (χ4v) is 3.97. The van der Waals surface area contributed by atoms with Crippen LogP contribution in [-0.2, 0) is 9.59 Å². The van der Waals surface area contributed by atoms with Gasteiger partial charge in [-0.15, -0.1) is 11.3 Å². The van der Waals surface area contributed by atoms with E-state index in [1.807, 2.05) is 60.0 Å². The van der Waals surface area contributed by atoms with Gasteiger partial charge in [0, 0.05) is 29.6 Å². The summed E-state index contributed by atoms with van der Waals surface area (Å²) < 4.78 is 5.37. The number of benzene rings is 2. The Hall–Kier alpha value is -3.19. The van der Waals surface area contributed by atoms with Crippen molar-refractivity contribution in [3.63, 3.8) is 0 Å². The van der Waals surface area contributed by atoms with Gasteiger partial charge >= 0.3 is 0 Å². The zero-order chi connectivity index (χ0) is 19.5. The third-order valence-corrected chi connectivity index (χ3v) is 5.44. The van der Waals surface area contributed by atoms with Crippen molar-refractivity contribution in [2.45, 2.75) is 6.42 Å². The molecule has 2 aromatic carbocycles. The number of ether oxygens (including phenoxy) is 1. The van der Waals surface area contributed by atoms with Gasteiger partial charge in [-0.3, -0.25) is 9.59 Å². The summed E-state index contributed by atoms with van der Waals surface area (Å²) in [5, 5.41) is 5.24. The van der Waals surface area contributed by atoms with Gasteiger partial charge in [0.25, 0.3) is 0 Å². The largest absolute Gasteiger partial charge is 0.496 e. The molecule has 4 rings (SSSR count). The molecule has 0 aliphatic carbocycles. The number of rotatable bonds is 5. The SMILES string of the molecule is COc1ccccc1-c1csc(NC(=O)C2CC(=O)N(c3ccccc3)C2)n1. The summed E-state index contributed by atoms with van der Waals surface area (Å²) in [5.41, 5.74) is 2.43. The van der Waals surface area contributed by atoms with E-state index >= 15 is 0 Å². The Morgan fingerprint density at radius 1 is 1.18 bits per heavy atom. The maximum absolute atomic E-state index is 12.7. The van der Waals surface area contributed by atoms with Gasteiger partial charge in [0.2, 0.25) is 11.8 Å². The molecule has 0 saturated carbocycles. The van der Waals surface area contributed by atoms with E-state index in [0.717, 1.165) is 22.7 Å². The van der Waals surface area contributed by atoms with Gasteiger partial charge in [-0.2, -0.15) is 0 Å². The van der Waals surface area contributed by atoms with Crippen molar-refractivity contribution in [1.29, 1.82) is 0 Å². The summed E-state index contributed by atoms with van der Waals surface area (Å²) in [5.74, 6) is 0.102. The van der Waals surface area contributed by atoms with Gasteiger partial charge in [-0.05, 0) is 24.3 Å². The molecule has 1 aliphatic rings. The number of para-hydroxylation sites is 2. The van der Waals surface area contributed by atoms with E-state index in [4.69, 9.17) is 4.74 Å². The Kier molecular flexibility index (Phi) is 5.08. The van der Waals surface area contributed by atoms with Crippen molar-refractivity contribution in [3.05, 3.63) is 60.0 Å². The van der Waals surface area contributed by atoms with Crippen molar-refractivity contribution < 1.29 is 14.3 Å². The van der Waals surface area contributed by atoms with Crippen molar-refractivity contribution in [2.24, 2.45) is 5.92 Å². The Balaban J connectivity index is 1.45. The molecule has 2 heterocycles. The van der Waals surface area contributed by atoms with Crippen molar-refractivity contribution in [3.8, 4) is 17.0 Å². The molecule has 7 heteroatoms. The van der Waals surface area contributed by atoms with E-state index in [0.29, 0.717) is 11.7 Å². The number of nitrogens with zero attached hydrogens (tertiary/aromatic N) is 2. The summed E-state index contributed by atoms with van der Waals surface area (Å²) in [6.07, 6.45) is 0.200. The molecule has 142 valence electrons. The predicted octanol–water partition coefficient (Wildman–Crippen LogP) is 3.81. The fourth-order valence-electron chi connectivity index (χ4n) is 3.26. The minimum atomic E-state index is -0.397. The van der Waals surface area contributed by atoms with Crippen LogP contribution in [0.4, 0.5) is 10.8 Å². The standard InChI is InChI=1S/C21H19N3O3S/c1-27-18-10-6-5-9-16(18)17-13-28-21(22-17)23-20(26)14-11-19(25)24(12-14)15-7-3-2-4-8-15/h2-10,13-14H,11-12H2,1H3,(H,22,23,26). The number of methoxy groups -OCH3 is 1. The molecule has 6 nitrogen and oxygen atoms in total. The first-order chi connectivity index (χ1) is 13.7. The topological polar surface area (TPSA) is 71.5 Å². The average Bonchev–Trinajstić information content (AvgIpc) is 3.35. The van der Waals surface area contributed by atoms with Crippen LogP contribution in [0.5, 0.6) is 5.75 Å². The number of thiazole rings is 1. The minimum Gasteiger partial charge on any atom is -0.496 e. The highest BCUT2D eigenvalue weighted by Crippen LogP contribution is 2.32. The highest BCUT2D eigenvalue weighted by Gasteiger charge is 2.35. The molecule has 1 saturated heterocycles. The monoisotopic (exact) mass is 393 g/mol. The molecule has 1 unspecified atom stereocenters. The van der Waals surface area contributed by atoms with E-state index in [1.165, 1.54) is 11.3 Å². The third-order valence-electron chi connectivity index (χ3n) is 4.68. The lowest BCUT2D eigenvalue weighted by Gasteiger charge is -2.16. The molecule has 3 aromatic rings. The predicted molar refractivity (Wildman–Crippen MR) is 110 cm³/mol. The molecule has 2 amide bonds. The van der Waals surface area contributed by atoms with Gasteiger partial charge < -0.3 is 15.0 Å². The highest BCUT2D eigenvalue weighted by atomic mass is 32.1. The number of nitrogens with one attached hydrogen (secondary N) is 1. The van der Waals surface area contributed by atoms with E-state index in [2.05, 4.69) is 10.3 Å². The summed E-state index contributed by atoms with van der Waals surface area (Å²) in [4.78, 5) is 31.1. The second kappa shape index (κ2) is 7.82. The molecule has 0 bridgehead atoms. The highest BCUT2D eigenvalue weighted by molar-refractivity contribution is 7.14. The maximum atomic E-state index is 12.7. The molecule has 1 aromatic heterocycles. The lowest BCUT2D eigenvalue weighted by Crippen LogP contribution is -2.28. The first kappa shape index (κ1) is 18.2. The molecule has 1 N–H and O–H groups in total. The maximum Gasteiger partial charge on any atom is 0.231 e. The average molecular weight is 393 g/mol. The van der Waals surface area contributed by atoms with Gasteiger partial charge in [-0.1, -0.05) is 30.3 Å². The Morgan fingerprint density at radius 3 is 2.71 bits per heavy atom. The van der Waals surface area contributed by atoms with Crippen molar-refractivity contribution in [2.75, 3.05) is 23.9 Å². The molecule has 28 heavy (non-hydrogen) atoms. The summed E-state index contributed by atoms with van der Waals surface area (Å²) in [6, 6.07) is 17.0. The molecule has 0 radical (unpaired) electrons. The number of amides is 2. The second-order valence-electron chi connectivity index (χ2n) is 6.47. The van der Waals surface area contributed by atoms with Gasteiger partial charge in [-0.25, -0.2) is 4.98 Å². The lowest BCUT2D eigenvalue weighted by molar-refractivity contribution is -0.122. The smallest absolute Gasteiger partial charge is 0.231 e.